The van der Waals surface area contributed by atoms with Crippen LogP contribution in [0.4, 0.5) is 13.2 Å². The zero-order chi connectivity index (χ0) is 26.3. The van der Waals surface area contributed by atoms with Crippen molar-refractivity contribution >= 4 is 11.6 Å². The van der Waals surface area contributed by atoms with Crippen molar-refractivity contribution in [3.05, 3.63) is 63.5 Å². The molecule has 3 nitrogen and oxygen atoms in total. The Morgan fingerprint density at radius 3 is 2.11 bits per heavy atom. The van der Waals surface area contributed by atoms with Crippen LogP contribution in [0.2, 0.25) is 0 Å². The first-order valence-electron chi connectivity index (χ1n) is 13.4. The lowest BCUT2D eigenvalue weighted by molar-refractivity contribution is -0.137. The molecule has 36 heavy (non-hydrogen) atoms. The van der Waals surface area contributed by atoms with Crippen molar-refractivity contribution in [2.24, 2.45) is 5.41 Å². The van der Waals surface area contributed by atoms with E-state index in [1.54, 1.807) is 0 Å². The predicted molar refractivity (Wildman–Crippen MR) is 135 cm³/mol. The van der Waals surface area contributed by atoms with Crippen molar-refractivity contribution in [1.82, 2.24) is 4.98 Å². The maximum absolute atomic E-state index is 13.9. The van der Waals surface area contributed by atoms with Crippen molar-refractivity contribution in [3.63, 3.8) is 0 Å². The topological polar surface area (TPSA) is 47.0 Å². The maximum atomic E-state index is 13.9. The molecule has 3 aliphatic carbocycles. The van der Waals surface area contributed by atoms with E-state index >= 15 is 0 Å². The van der Waals surface area contributed by atoms with Crippen LogP contribution < -0.4 is 0 Å². The molecule has 1 spiro atoms. The van der Waals surface area contributed by atoms with E-state index in [2.05, 4.69) is 0 Å². The molecule has 5 rings (SSSR count). The summed E-state index contributed by atoms with van der Waals surface area (Å²) in [5, 5.41) is 0. The predicted octanol–water partition coefficient (Wildman–Crippen LogP) is 8.44. The van der Waals surface area contributed by atoms with E-state index < -0.39 is 11.7 Å². The Labute approximate surface area is 211 Å². The van der Waals surface area contributed by atoms with Gasteiger partial charge in [0.15, 0.2) is 11.6 Å². The molecule has 0 saturated heterocycles. The van der Waals surface area contributed by atoms with Gasteiger partial charge in [-0.25, -0.2) is 0 Å². The number of carbonyl (C=O) groups is 2. The minimum Gasteiger partial charge on any atom is -0.294 e. The van der Waals surface area contributed by atoms with Crippen LogP contribution in [0.25, 0.3) is 0 Å². The lowest BCUT2D eigenvalue weighted by Gasteiger charge is -2.45. The summed E-state index contributed by atoms with van der Waals surface area (Å²) in [7, 11) is 0. The smallest absolute Gasteiger partial charge is 0.294 e. The third-order valence-electron chi connectivity index (χ3n) is 8.12. The number of alkyl halides is 3. The molecule has 1 aromatic carbocycles. The molecule has 194 valence electrons. The summed E-state index contributed by atoms with van der Waals surface area (Å²) in [5.41, 5.74) is 2.89. The number of rotatable bonds is 4. The SMILES string of the molecule is CC.CC(C)c1nc2c(c(C3CCCC3)c1C(=O)c1ccc(C(F)(F)F)cc1)C(=O)CC1(CCC1)C2. The van der Waals surface area contributed by atoms with Gasteiger partial charge in [0.05, 0.1) is 17.0 Å². The average Bonchev–Trinajstić information content (AvgIpc) is 3.37. The number of hydrogen-bond acceptors (Lipinski definition) is 3. The molecule has 3 aliphatic rings. The van der Waals surface area contributed by atoms with Crippen molar-refractivity contribution < 1.29 is 22.8 Å². The van der Waals surface area contributed by atoms with Gasteiger partial charge in [0.2, 0.25) is 0 Å². The maximum Gasteiger partial charge on any atom is 0.416 e. The standard InChI is InChI=1S/C28H30F3NO2.C2H6/c1-16(2)25-24(26(34)18-8-10-19(11-9-18)28(29,30)31)22(17-6-3-4-7-17)23-20(32-25)14-27(12-5-13-27)15-21(23)33;1-2/h8-11,16-17H,3-7,12-15H2,1-2H3;1-2H3. The Kier molecular flexibility index (Phi) is 7.45. The summed E-state index contributed by atoms with van der Waals surface area (Å²) < 4.78 is 39.2. The van der Waals surface area contributed by atoms with Crippen LogP contribution >= 0.6 is 0 Å². The number of aromatic nitrogens is 1. The molecular weight excluding hydrogens is 463 g/mol. The highest BCUT2D eigenvalue weighted by atomic mass is 19.4. The van der Waals surface area contributed by atoms with Crippen molar-refractivity contribution in [1.29, 1.82) is 0 Å². The molecule has 0 unspecified atom stereocenters. The summed E-state index contributed by atoms with van der Waals surface area (Å²) in [6.07, 6.45) is 3.98. The molecular formula is C30H36F3NO2. The minimum absolute atomic E-state index is 0.0250. The van der Waals surface area contributed by atoms with E-state index in [9.17, 15) is 22.8 Å². The van der Waals surface area contributed by atoms with Gasteiger partial charge in [0.25, 0.3) is 0 Å². The van der Waals surface area contributed by atoms with Gasteiger partial charge in [-0.3, -0.25) is 14.6 Å². The zero-order valence-electron chi connectivity index (χ0n) is 21.7. The van der Waals surface area contributed by atoms with Crippen molar-refractivity contribution in [2.75, 3.05) is 0 Å². The largest absolute Gasteiger partial charge is 0.416 e. The second-order valence-electron chi connectivity index (χ2n) is 10.8. The van der Waals surface area contributed by atoms with Gasteiger partial charge in [0, 0.05) is 23.1 Å². The second kappa shape index (κ2) is 10.1. The lowest BCUT2D eigenvalue weighted by Crippen LogP contribution is -2.40. The second-order valence-corrected chi connectivity index (χ2v) is 10.8. The normalized spacial score (nSPS) is 19.1. The number of fused-ring (bicyclic) bond motifs is 1. The minimum atomic E-state index is -4.46. The van der Waals surface area contributed by atoms with Crippen LogP contribution in [0.3, 0.4) is 0 Å². The molecule has 0 aliphatic heterocycles. The van der Waals surface area contributed by atoms with E-state index in [0.717, 1.165) is 74.8 Å². The third-order valence-corrected chi connectivity index (χ3v) is 8.12. The molecule has 0 bridgehead atoms. The van der Waals surface area contributed by atoms with Crippen molar-refractivity contribution in [2.45, 2.75) is 103 Å². The van der Waals surface area contributed by atoms with E-state index in [0.29, 0.717) is 23.2 Å². The Bertz CT molecular complexity index is 1140. The third kappa shape index (κ3) is 4.76. The van der Waals surface area contributed by atoms with Crippen LogP contribution in [0.5, 0.6) is 0 Å². The molecule has 2 fully saturated rings. The number of hydrogen-bond donors (Lipinski definition) is 0. The van der Waals surface area contributed by atoms with Crippen molar-refractivity contribution in [3.8, 4) is 0 Å². The molecule has 1 aromatic heterocycles. The van der Waals surface area contributed by atoms with Gasteiger partial charge in [0.1, 0.15) is 0 Å². The number of benzene rings is 1. The Morgan fingerprint density at radius 2 is 1.61 bits per heavy atom. The number of nitrogens with zero attached hydrogens (tertiary/aromatic N) is 1. The van der Waals surface area contributed by atoms with E-state index in [4.69, 9.17) is 4.98 Å². The Balaban J connectivity index is 0.00000148. The number of carbonyl (C=O) groups excluding carboxylic acids is 2. The Hall–Kier alpha value is -2.50. The fourth-order valence-corrected chi connectivity index (χ4v) is 6.23. The molecule has 0 radical (unpaired) electrons. The molecule has 0 N–H and O–H groups in total. The first-order chi connectivity index (χ1) is 17.1. The number of pyridine rings is 1. The van der Waals surface area contributed by atoms with E-state index in [1.807, 2.05) is 27.7 Å². The monoisotopic (exact) mass is 499 g/mol. The highest BCUT2D eigenvalue weighted by Crippen LogP contribution is 2.52. The molecule has 0 amide bonds. The van der Waals surface area contributed by atoms with Crippen LogP contribution in [0.15, 0.2) is 24.3 Å². The van der Waals surface area contributed by atoms with Gasteiger partial charge >= 0.3 is 6.18 Å². The summed E-state index contributed by atoms with van der Waals surface area (Å²) in [6, 6.07) is 4.40. The average molecular weight is 500 g/mol. The summed E-state index contributed by atoms with van der Waals surface area (Å²) >= 11 is 0. The number of ketones is 2. The lowest BCUT2D eigenvalue weighted by atomic mass is 9.59. The fraction of sp³-hybridized carbons (Fsp3) is 0.567. The van der Waals surface area contributed by atoms with Gasteiger partial charge in [-0.2, -0.15) is 13.2 Å². The zero-order valence-corrected chi connectivity index (χ0v) is 21.7. The van der Waals surface area contributed by atoms with Crippen LogP contribution in [-0.4, -0.2) is 16.6 Å². The molecule has 0 atom stereocenters. The fourth-order valence-electron chi connectivity index (χ4n) is 6.23. The highest BCUT2D eigenvalue weighted by molar-refractivity contribution is 6.13. The first kappa shape index (κ1) is 26.6. The molecule has 6 heteroatoms. The van der Waals surface area contributed by atoms with Crippen LogP contribution in [0.1, 0.15) is 140 Å². The quantitative estimate of drug-likeness (QED) is 0.397. The first-order valence-corrected chi connectivity index (χ1v) is 13.4. The molecule has 1 heterocycles. The summed E-state index contributed by atoms with van der Waals surface area (Å²) in [4.78, 5) is 32.4. The van der Waals surface area contributed by atoms with Gasteiger partial charge in [-0.15, -0.1) is 0 Å². The molecule has 2 saturated carbocycles. The Morgan fingerprint density at radius 1 is 1.00 bits per heavy atom. The number of halogens is 3. The van der Waals surface area contributed by atoms with Crippen LogP contribution in [0, 0.1) is 5.41 Å². The molecule has 2 aromatic rings. The summed E-state index contributed by atoms with van der Waals surface area (Å²) in [5.74, 6) is -0.172. The van der Waals surface area contributed by atoms with Gasteiger partial charge < -0.3 is 0 Å². The van der Waals surface area contributed by atoms with E-state index in [-0.39, 0.29) is 34.4 Å². The highest BCUT2D eigenvalue weighted by Gasteiger charge is 2.46. The number of Topliss-reactive ketones (excluding diaryl/α,β-unsaturated/α-hetero) is 1. The van der Waals surface area contributed by atoms with E-state index in [1.165, 1.54) is 12.1 Å². The van der Waals surface area contributed by atoms with Gasteiger partial charge in [-0.1, -0.05) is 59.1 Å². The van der Waals surface area contributed by atoms with Crippen LogP contribution in [-0.2, 0) is 12.6 Å². The van der Waals surface area contributed by atoms with Gasteiger partial charge in [-0.05, 0) is 67.1 Å². The summed E-state index contributed by atoms with van der Waals surface area (Å²) in [6.45, 7) is 7.97.